The first-order valence-corrected chi connectivity index (χ1v) is 3.00. The summed E-state index contributed by atoms with van der Waals surface area (Å²) in [5, 5.41) is 0. The van der Waals surface area contributed by atoms with Crippen molar-refractivity contribution in [3.8, 4) is 0 Å². The Bertz CT molecular complexity index is 151. The van der Waals surface area contributed by atoms with Crippen molar-refractivity contribution >= 4 is 11.8 Å². The normalized spacial score (nSPS) is 20.1. The molecular weight excluding hydrogens is 118 g/mol. The molecule has 0 saturated carbocycles. The predicted octanol–water partition coefficient (Wildman–Crippen LogP) is 0.742. The van der Waals surface area contributed by atoms with E-state index in [1.807, 2.05) is 0 Å². The van der Waals surface area contributed by atoms with Gasteiger partial charge in [0.05, 0.1) is 6.61 Å². The molecule has 0 atom stereocenters. The molecule has 0 spiro atoms. The minimum Gasteiger partial charge on any atom is -0.481 e. The Morgan fingerprint density at radius 1 is 1.67 bits per heavy atom. The van der Waals surface area contributed by atoms with E-state index in [0.717, 1.165) is 6.42 Å². The van der Waals surface area contributed by atoms with Crippen LogP contribution in [0.2, 0.25) is 0 Å². The third-order valence-electron chi connectivity index (χ3n) is 1.13. The van der Waals surface area contributed by atoms with Gasteiger partial charge in [-0.25, -0.2) is 0 Å². The van der Waals surface area contributed by atoms with E-state index in [2.05, 4.69) is 4.99 Å². The number of amides is 1. The van der Waals surface area contributed by atoms with Crippen LogP contribution in [0, 0.1) is 0 Å². The second-order valence-electron chi connectivity index (χ2n) is 1.98. The first-order chi connectivity index (χ1) is 4.29. The van der Waals surface area contributed by atoms with Crippen molar-refractivity contribution in [3.05, 3.63) is 0 Å². The Balaban J connectivity index is 2.59. The molecule has 50 valence electrons. The zero-order valence-electron chi connectivity index (χ0n) is 5.39. The van der Waals surface area contributed by atoms with Gasteiger partial charge in [0.15, 0.2) is 5.90 Å². The Hall–Kier alpha value is -0.860. The molecule has 0 saturated heterocycles. The van der Waals surface area contributed by atoms with E-state index >= 15 is 0 Å². The molecule has 0 fully saturated rings. The SMILES string of the molecule is CC1=NC(=O)CCCO1. The number of aliphatic imine (C=N–C) groups is 1. The first-order valence-electron chi connectivity index (χ1n) is 3.00. The summed E-state index contributed by atoms with van der Waals surface area (Å²) in [4.78, 5) is 14.3. The lowest BCUT2D eigenvalue weighted by atomic mass is 10.3. The number of hydrogen-bond acceptors (Lipinski definition) is 2. The lowest BCUT2D eigenvalue weighted by molar-refractivity contribution is -0.117. The molecular formula is C6H9NO2. The third kappa shape index (κ3) is 1.83. The molecule has 3 heteroatoms. The number of carbonyl (C=O) groups is 1. The summed E-state index contributed by atoms with van der Waals surface area (Å²) in [7, 11) is 0. The largest absolute Gasteiger partial charge is 0.481 e. The van der Waals surface area contributed by atoms with Gasteiger partial charge in [-0.2, -0.15) is 4.99 Å². The van der Waals surface area contributed by atoms with Crippen LogP contribution in [-0.2, 0) is 9.53 Å². The van der Waals surface area contributed by atoms with Crippen molar-refractivity contribution in [2.45, 2.75) is 19.8 Å². The van der Waals surface area contributed by atoms with E-state index in [1.54, 1.807) is 6.92 Å². The van der Waals surface area contributed by atoms with Gasteiger partial charge in [0, 0.05) is 13.3 Å². The van der Waals surface area contributed by atoms with Gasteiger partial charge in [-0.15, -0.1) is 0 Å². The van der Waals surface area contributed by atoms with Crippen molar-refractivity contribution < 1.29 is 9.53 Å². The summed E-state index contributed by atoms with van der Waals surface area (Å²) in [6.45, 7) is 2.32. The summed E-state index contributed by atoms with van der Waals surface area (Å²) in [6.07, 6.45) is 1.32. The summed E-state index contributed by atoms with van der Waals surface area (Å²) in [6, 6.07) is 0. The highest BCUT2D eigenvalue weighted by Crippen LogP contribution is 1.99. The molecule has 0 aromatic heterocycles. The molecule has 1 heterocycles. The van der Waals surface area contributed by atoms with Crippen molar-refractivity contribution in [1.29, 1.82) is 0 Å². The van der Waals surface area contributed by atoms with Gasteiger partial charge in [0.25, 0.3) is 0 Å². The van der Waals surface area contributed by atoms with E-state index in [0.29, 0.717) is 18.9 Å². The fraction of sp³-hybridized carbons (Fsp3) is 0.667. The predicted molar refractivity (Wildman–Crippen MR) is 33.3 cm³/mol. The first kappa shape index (κ1) is 6.26. The van der Waals surface area contributed by atoms with Gasteiger partial charge >= 0.3 is 0 Å². The molecule has 0 N–H and O–H groups in total. The molecule has 1 rings (SSSR count). The molecule has 9 heavy (non-hydrogen) atoms. The zero-order valence-corrected chi connectivity index (χ0v) is 5.39. The van der Waals surface area contributed by atoms with Crippen molar-refractivity contribution in [2.75, 3.05) is 6.61 Å². The minimum absolute atomic E-state index is 0.0648. The van der Waals surface area contributed by atoms with Gasteiger partial charge < -0.3 is 4.74 Å². The van der Waals surface area contributed by atoms with Crippen LogP contribution < -0.4 is 0 Å². The van der Waals surface area contributed by atoms with Crippen molar-refractivity contribution in [2.24, 2.45) is 4.99 Å². The Labute approximate surface area is 53.7 Å². The monoisotopic (exact) mass is 127 g/mol. The molecule has 0 radical (unpaired) electrons. The summed E-state index contributed by atoms with van der Waals surface area (Å²) < 4.78 is 5.00. The molecule has 0 aromatic carbocycles. The van der Waals surface area contributed by atoms with E-state index in [1.165, 1.54) is 0 Å². The number of nitrogens with zero attached hydrogens (tertiary/aromatic N) is 1. The fourth-order valence-electron chi connectivity index (χ4n) is 0.707. The van der Waals surface area contributed by atoms with E-state index < -0.39 is 0 Å². The standard InChI is InChI=1S/C6H9NO2/c1-5-7-6(8)3-2-4-9-5/h2-4H2,1H3. The smallest absolute Gasteiger partial charge is 0.248 e. The molecule has 1 aliphatic rings. The van der Waals surface area contributed by atoms with Crippen molar-refractivity contribution in [3.63, 3.8) is 0 Å². The topological polar surface area (TPSA) is 38.7 Å². The molecule has 0 aromatic rings. The van der Waals surface area contributed by atoms with Gasteiger partial charge in [-0.05, 0) is 6.42 Å². The van der Waals surface area contributed by atoms with Crippen LogP contribution in [0.4, 0.5) is 0 Å². The van der Waals surface area contributed by atoms with E-state index in [4.69, 9.17) is 4.74 Å². The van der Waals surface area contributed by atoms with E-state index in [9.17, 15) is 4.79 Å². The average Bonchev–Trinajstić information content (AvgIpc) is 1.93. The third-order valence-corrected chi connectivity index (χ3v) is 1.13. The fourth-order valence-corrected chi connectivity index (χ4v) is 0.707. The van der Waals surface area contributed by atoms with Crippen LogP contribution in [-0.4, -0.2) is 18.4 Å². The number of hydrogen-bond donors (Lipinski definition) is 0. The Morgan fingerprint density at radius 3 is 3.22 bits per heavy atom. The molecule has 3 nitrogen and oxygen atoms in total. The molecule has 0 bridgehead atoms. The maximum atomic E-state index is 10.6. The van der Waals surface area contributed by atoms with Gasteiger partial charge in [0.1, 0.15) is 0 Å². The second kappa shape index (κ2) is 2.62. The van der Waals surface area contributed by atoms with Crippen LogP contribution >= 0.6 is 0 Å². The van der Waals surface area contributed by atoms with Gasteiger partial charge in [-0.1, -0.05) is 0 Å². The second-order valence-corrected chi connectivity index (χ2v) is 1.98. The number of carbonyl (C=O) groups excluding carboxylic acids is 1. The summed E-state index contributed by atoms with van der Waals surface area (Å²) in [5.41, 5.74) is 0. The van der Waals surface area contributed by atoms with Crippen LogP contribution in [0.15, 0.2) is 4.99 Å². The Morgan fingerprint density at radius 2 is 2.44 bits per heavy atom. The number of rotatable bonds is 0. The van der Waals surface area contributed by atoms with E-state index in [-0.39, 0.29) is 5.91 Å². The average molecular weight is 127 g/mol. The van der Waals surface area contributed by atoms with Crippen LogP contribution in [0.1, 0.15) is 19.8 Å². The maximum Gasteiger partial charge on any atom is 0.248 e. The lowest BCUT2D eigenvalue weighted by Gasteiger charge is -1.96. The van der Waals surface area contributed by atoms with Gasteiger partial charge in [-0.3, -0.25) is 4.79 Å². The maximum absolute atomic E-state index is 10.6. The summed E-state index contributed by atoms with van der Waals surface area (Å²) in [5.74, 6) is 0.433. The molecule has 0 aliphatic carbocycles. The Kier molecular flexibility index (Phi) is 1.82. The number of ether oxygens (including phenoxy) is 1. The van der Waals surface area contributed by atoms with Crippen molar-refractivity contribution in [1.82, 2.24) is 0 Å². The highest BCUT2D eigenvalue weighted by atomic mass is 16.5. The molecule has 1 amide bonds. The van der Waals surface area contributed by atoms with Crippen LogP contribution in [0.25, 0.3) is 0 Å². The van der Waals surface area contributed by atoms with Gasteiger partial charge in [0.2, 0.25) is 5.91 Å². The lowest BCUT2D eigenvalue weighted by Crippen LogP contribution is -1.97. The van der Waals surface area contributed by atoms with Crippen LogP contribution in [0.5, 0.6) is 0 Å². The minimum atomic E-state index is -0.0648. The molecule has 0 unspecified atom stereocenters. The zero-order chi connectivity index (χ0) is 6.69. The summed E-state index contributed by atoms with van der Waals surface area (Å²) >= 11 is 0. The quantitative estimate of drug-likeness (QED) is 0.481. The highest BCUT2D eigenvalue weighted by molar-refractivity contribution is 5.90. The van der Waals surface area contributed by atoms with Crippen LogP contribution in [0.3, 0.4) is 0 Å². The highest BCUT2D eigenvalue weighted by Gasteiger charge is 2.05. The molecule has 1 aliphatic heterocycles.